The first-order valence-corrected chi connectivity index (χ1v) is 8.18. The number of halogens is 1. The SMILES string of the molecule is CC(C)OCCS(=O)(=O)N1CCCC(Br)C1. The number of nitrogens with zero attached hydrogens (tertiary/aromatic N) is 1. The molecule has 0 amide bonds. The van der Waals surface area contributed by atoms with E-state index in [9.17, 15) is 8.42 Å². The summed E-state index contributed by atoms with van der Waals surface area (Å²) in [5.74, 6) is 0.0882. The standard InChI is InChI=1S/C10H20BrNO3S/c1-9(2)15-6-7-16(13,14)12-5-3-4-10(11)8-12/h9-10H,3-8H2,1-2H3. The Morgan fingerprint density at radius 2 is 2.19 bits per heavy atom. The van der Waals surface area contributed by atoms with E-state index in [-0.39, 0.29) is 18.5 Å². The molecule has 0 aromatic carbocycles. The average Bonchev–Trinajstić information content (AvgIpc) is 2.16. The van der Waals surface area contributed by atoms with Gasteiger partial charge in [-0.15, -0.1) is 0 Å². The third kappa shape index (κ3) is 4.69. The molecule has 1 heterocycles. The minimum absolute atomic E-state index is 0.0838. The highest BCUT2D eigenvalue weighted by Crippen LogP contribution is 2.19. The van der Waals surface area contributed by atoms with Crippen LogP contribution >= 0.6 is 15.9 Å². The van der Waals surface area contributed by atoms with Gasteiger partial charge >= 0.3 is 0 Å². The quantitative estimate of drug-likeness (QED) is 0.724. The van der Waals surface area contributed by atoms with Gasteiger partial charge in [0.25, 0.3) is 0 Å². The monoisotopic (exact) mass is 313 g/mol. The summed E-state index contributed by atoms with van der Waals surface area (Å²) in [6, 6.07) is 0. The molecule has 16 heavy (non-hydrogen) atoms. The molecular weight excluding hydrogens is 294 g/mol. The molecule has 0 bridgehead atoms. The highest BCUT2D eigenvalue weighted by Gasteiger charge is 2.27. The first-order chi connectivity index (χ1) is 7.42. The predicted octanol–water partition coefficient (Wildman–Crippen LogP) is 1.60. The first-order valence-electron chi connectivity index (χ1n) is 5.65. The molecule has 1 rings (SSSR count). The minimum atomic E-state index is -3.13. The molecule has 1 unspecified atom stereocenters. The van der Waals surface area contributed by atoms with Crippen LogP contribution in [-0.4, -0.2) is 49.1 Å². The molecule has 0 aromatic rings. The molecular formula is C10H20BrNO3S. The van der Waals surface area contributed by atoms with Gasteiger partial charge < -0.3 is 4.74 Å². The molecule has 96 valence electrons. The van der Waals surface area contributed by atoms with Gasteiger partial charge in [-0.05, 0) is 26.7 Å². The van der Waals surface area contributed by atoms with Crippen LogP contribution in [0.25, 0.3) is 0 Å². The van der Waals surface area contributed by atoms with Gasteiger partial charge in [-0.1, -0.05) is 15.9 Å². The maximum atomic E-state index is 11.9. The number of piperidine rings is 1. The lowest BCUT2D eigenvalue weighted by molar-refractivity contribution is 0.0906. The van der Waals surface area contributed by atoms with Gasteiger partial charge in [0, 0.05) is 17.9 Å². The van der Waals surface area contributed by atoms with E-state index in [1.165, 1.54) is 0 Å². The Labute approximate surface area is 107 Å². The normalized spacial score (nSPS) is 23.9. The largest absolute Gasteiger partial charge is 0.378 e. The van der Waals surface area contributed by atoms with Crippen LogP contribution in [0.4, 0.5) is 0 Å². The Hall–Kier alpha value is 0.350. The van der Waals surface area contributed by atoms with Crippen LogP contribution < -0.4 is 0 Å². The third-order valence-corrected chi connectivity index (χ3v) is 5.06. The average molecular weight is 314 g/mol. The van der Waals surface area contributed by atoms with Gasteiger partial charge in [-0.3, -0.25) is 0 Å². The Kier molecular flexibility index (Phi) is 5.70. The smallest absolute Gasteiger partial charge is 0.216 e. The van der Waals surface area contributed by atoms with Gasteiger partial charge in [-0.25, -0.2) is 12.7 Å². The van der Waals surface area contributed by atoms with Crippen molar-refractivity contribution in [2.24, 2.45) is 0 Å². The summed E-state index contributed by atoms with van der Waals surface area (Å²) >= 11 is 3.48. The number of ether oxygens (including phenoxy) is 1. The number of rotatable bonds is 5. The van der Waals surface area contributed by atoms with E-state index in [0.717, 1.165) is 12.8 Å². The maximum Gasteiger partial charge on any atom is 0.216 e. The molecule has 0 spiro atoms. The van der Waals surface area contributed by atoms with E-state index in [1.807, 2.05) is 13.8 Å². The molecule has 0 saturated carbocycles. The Morgan fingerprint density at radius 1 is 1.50 bits per heavy atom. The zero-order chi connectivity index (χ0) is 12.2. The summed E-state index contributed by atoms with van der Waals surface area (Å²) in [6.07, 6.45) is 2.06. The van der Waals surface area contributed by atoms with Crippen molar-refractivity contribution < 1.29 is 13.2 Å². The van der Waals surface area contributed by atoms with Crippen molar-refractivity contribution in [1.82, 2.24) is 4.31 Å². The van der Waals surface area contributed by atoms with Gasteiger partial charge in [-0.2, -0.15) is 0 Å². The fraction of sp³-hybridized carbons (Fsp3) is 1.00. The number of sulfonamides is 1. The van der Waals surface area contributed by atoms with Crippen molar-refractivity contribution in [2.45, 2.75) is 37.6 Å². The van der Waals surface area contributed by atoms with Crippen LogP contribution in [0.5, 0.6) is 0 Å². The fourth-order valence-corrected chi connectivity index (χ4v) is 3.91. The van der Waals surface area contributed by atoms with Crippen molar-refractivity contribution in [3.05, 3.63) is 0 Å². The highest BCUT2D eigenvalue weighted by molar-refractivity contribution is 9.09. The van der Waals surface area contributed by atoms with Crippen molar-refractivity contribution in [3.8, 4) is 0 Å². The molecule has 0 radical (unpaired) electrons. The summed E-state index contributed by atoms with van der Waals surface area (Å²) in [6.45, 7) is 5.32. The van der Waals surface area contributed by atoms with Crippen LogP contribution in [0.1, 0.15) is 26.7 Å². The van der Waals surface area contributed by atoms with E-state index < -0.39 is 10.0 Å². The van der Waals surface area contributed by atoms with Crippen LogP contribution in [0.3, 0.4) is 0 Å². The zero-order valence-electron chi connectivity index (χ0n) is 9.86. The highest BCUT2D eigenvalue weighted by atomic mass is 79.9. The lowest BCUT2D eigenvalue weighted by atomic mass is 10.2. The Morgan fingerprint density at radius 3 is 2.75 bits per heavy atom. The van der Waals surface area contributed by atoms with Crippen LogP contribution in [0.15, 0.2) is 0 Å². The summed E-state index contributed by atoms with van der Waals surface area (Å²) in [5, 5.41) is 0. The minimum Gasteiger partial charge on any atom is -0.378 e. The van der Waals surface area contributed by atoms with E-state index in [2.05, 4.69) is 15.9 Å². The van der Waals surface area contributed by atoms with E-state index in [1.54, 1.807) is 4.31 Å². The summed E-state index contributed by atoms with van der Waals surface area (Å²) in [7, 11) is -3.13. The van der Waals surface area contributed by atoms with Crippen molar-refractivity contribution >= 4 is 26.0 Å². The second kappa shape index (κ2) is 6.33. The second-order valence-electron chi connectivity index (χ2n) is 4.33. The van der Waals surface area contributed by atoms with E-state index >= 15 is 0 Å². The molecule has 1 fully saturated rings. The predicted molar refractivity (Wildman–Crippen MR) is 68.4 cm³/mol. The lowest BCUT2D eigenvalue weighted by Crippen LogP contribution is -2.42. The van der Waals surface area contributed by atoms with Crippen LogP contribution in [-0.2, 0) is 14.8 Å². The molecule has 0 aromatic heterocycles. The first kappa shape index (κ1) is 14.4. The zero-order valence-corrected chi connectivity index (χ0v) is 12.3. The Balaban J connectivity index is 2.43. The summed E-state index contributed by atoms with van der Waals surface area (Å²) < 4.78 is 30.7. The molecule has 6 heteroatoms. The topological polar surface area (TPSA) is 46.6 Å². The van der Waals surface area contributed by atoms with Crippen molar-refractivity contribution in [2.75, 3.05) is 25.4 Å². The van der Waals surface area contributed by atoms with E-state index in [4.69, 9.17) is 4.74 Å². The van der Waals surface area contributed by atoms with Crippen LogP contribution in [0, 0.1) is 0 Å². The third-order valence-electron chi connectivity index (χ3n) is 2.51. The summed E-state index contributed by atoms with van der Waals surface area (Å²) in [4.78, 5) is 0.294. The van der Waals surface area contributed by atoms with Crippen molar-refractivity contribution in [1.29, 1.82) is 0 Å². The molecule has 0 aliphatic carbocycles. The Bertz CT molecular complexity index is 305. The van der Waals surface area contributed by atoms with Gasteiger partial charge in [0.1, 0.15) is 0 Å². The maximum absolute atomic E-state index is 11.9. The molecule has 1 aliphatic rings. The molecule has 1 atom stereocenters. The number of hydrogen-bond acceptors (Lipinski definition) is 3. The number of hydrogen-bond donors (Lipinski definition) is 0. The molecule has 4 nitrogen and oxygen atoms in total. The lowest BCUT2D eigenvalue weighted by Gasteiger charge is -2.29. The summed E-state index contributed by atoms with van der Waals surface area (Å²) in [5.41, 5.74) is 0. The fourth-order valence-electron chi connectivity index (χ4n) is 1.66. The van der Waals surface area contributed by atoms with Crippen LogP contribution in [0.2, 0.25) is 0 Å². The van der Waals surface area contributed by atoms with Gasteiger partial charge in [0.2, 0.25) is 10.0 Å². The number of alkyl halides is 1. The van der Waals surface area contributed by atoms with Crippen molar-refractivity contribution in [3.63, 3.8) is 0 Å². The van der Waals surface area contributed by atoms with Gasteiger partial charge in [0.05, 0.1) is 18.5 Å². The molecule has 1 aliphatic heterocycles. The second-order valence-corrected chi connectivity index (χ2v) is 7.72. The van der Waals surface area contributed by atoms with Gasteiger partial charge in [0.15, 0.2) is 0 Å². The molecule has 1 saturated heterocycles. The van der Waals surface area contributed by atoms with E-state index in [0.29, 0.717) is 17.9 Å². The molecule has 0 N–H and O–H groups in total.